The van der Waals surface area contributed by atoms with Gasteiger partial charge in [0.25, 0.3) is 0 Å². The molecular weight excluding hydrogens is 355 g/mol. The Morgan fingerprint density at radius 2 is 1.96 bits per heavy atom. The molecule has 4 rings (SSSR count). The van der Waals surface area contributed by atoms with Crippen molar-refractivity contribution in [3.8, 4) is 0 Å². The highest BCUT2D eigenvalue weighted by molar-refractivity contribution is 5.79. The van der Waals surface area contributed by atoms with E-state index in [4.69, 9.17) is 4.42 Å². The summed E-state index contributed by atoms with van der Waals surface area (Å²) in [6.45, 7) is 3.59. The molecule has 0 spiro atoms. The minimum absolute atomic E-state index is 0.113. The van der Waals surface area contributed by atoms with Crippen LogP contribution >= 0.6 is 0 Å². The second-order valence-electron chi connectivity index (χ2n) is 7.84. The van der Waals surface area contributed by atoms with Crippen molar-refractivity contribution in [1.29, 1.82) is 0 Å². The average molecular weight is 384 g/mol. The number of nitrogens with zero attached hydrogens (tertiary/aromatic N) is 2. The van der Waals surface area contributed by atoms with Crippen LogP contribution in [0, 0.1) is 5.82 Å². The number of guanidine groups is 1. The lowest BCUT2D eigenvalue weighted by atomic mass is 9.95. The lowest BCUT2D eigenvalue weighted by molar-refractivity contribution is 0.215. The number of rotatable bonds is 7. The van der Waals surface area contributed by atoms with Gasteiger partial charge >= 0.3 is 0 Å². The molecule has 1 aromatic carbocycles. The first-order valence-corrected chi connectivity index (χ1v) is 10.2. The molecule has 5 nitrogen and oxygen atoms in total. The molecule has 1 atom stereocenters. The van der Waals surface area contributed by atoms with Gasteiger partial charge in [0.05, 0.1) is 12.3 Å². The van der Waals surface area contributed by atoms with Gasteiger partial charge in [0.2, 0.25) is 0 Å². The Morgan fingerprint density at radius 3 is 2.61 bits per heavy atom. The van der Waals surface area contributed by atoms with Crippen molar-refractivity contribution in [1.82, 2.24) is 15.5 Å². The molecule has 1 saturated heterocycles. The van der Waals surface area contributed by atoms with Crippen molar-refractivity contribution in [3.05, 3.63) is 59.8 Å². The fourth-order valence-electron chi connectivity index (χ4n) is 4.19. The summed E-state index contributed by atoms with van der Waals surface area (Å²) in [6.07, 6.45) is 6.20. The molecule has 0 bridgehead atoms. The zero-order chi connectivity index (χ0) is 19.4. The molecule has 2 fully saturated rings. The summed E-state index contributed by atoms with van der Waals surface area (Å²) < 4.78 is 19.9. The maximum atomic E-state index is 14.2. The number of hydrogen-bond acceptors (Lipinski definition) is 3. The minimum atomic E-state index is -0.114. The molecule has 0 amide bonds. The Labute approximate surface area is 166 Å². The number of nitrogens with one attached hydrogen (secondary N) is 2. The second-order valence-corrected chi connectivity index (χ2v) is 7.84. The van der Waals surface area contributed by atoms with E-state index in [0.717, 1.165) is 49.8 Å². The SMILES string of the molecule is CN=C(NCC(c1ccco1)N1CCCC1)NCC1(c2ccccc2F)CC1. The third-order valence-corrected chi connectivity index (χ3v) is 6.03. The number of hydrogen-bond donors (Lipinski definition) is 2. The van der Waals surface area contributed by atoms with E-state index in [1.807, 2.05) is 24.3 Å². The monoisotopic (exact) mass is 384 g/mol. The van der Waals surface area contributed by atoms with Gasteiger partial charge in [-0.3, -0.25) is 9.89 Å². The molecule has 150 valence electrons. The Kier molecular flexibility index (Phi) is 5.67. The van der Waals surface area contributed by atoms with E-state index in [1.165, 1.54) is 12.8 Å². The van der Waals surface area contributed by atoms with Gasteiger partial charge in [-0.2, -0.15) is 0 Å². The second kappa shape index (κ2) is 8.35. The average Bonchev–Trinajstić information content (AvgIpc) is 3.12. The van der Waals surface area contributed by atoms with Crippen LogP contribution in [0.3, 0.4) is 0 Å². The molecule has 2 aliphatic rings. The van der Waals surface area contributed by atoms with Crippen LogP contribution in [-0.4, -0.2) is 44.1 Å². The van der Waals surface area contributed by atoms with E-state index in [1.54, 1.807) is 25.4 Å². The van der Waals surface area contributed by atoms with E-state index in [9.17, 15) is 4.39 Å². The molecule has 28 heavy (non-hydrogen) atoms. The predicted molar refractivity (Wildman–Crippen MR) is 109 cm³/mol. The van der Waals surface area contributed by atoms with Crippen LogP contribution in [0.2, 0.25) is 0 Å². The van der Waals surface area contributed by atoms with Crippen LogP contribution in [0.1, 0.15) is 43.0 Å². The third kappa shape index (κ3) is 4.07. The van der Waals surface area contributed by atoms with Crippen LogP contribution in [-0.2, 0) is 5.41 Å². The summed E-state index contributed by atoms with van der Waals surface area (Å²) in [5, 5.41) is 6.86. The zero-order valence-corrected chi connectivity index (χ0v) is 16.5. The van der Waals surface area contributed by atoms with Gasteiger partial charge < -0.3 is 15.1 Å². The van der Waals surface area contributed by atoms with E-state index in [2.05, 4.69) is 20.5 Å². The smallest absolute Gasteiger partial charge is 0.191 e. The molecule has 1 unspecified atom stereocenters. The number of aliphatic imine (C=N–C) groups is 1. The van der Waals surface area contributed by atoms with Crippen LogP contribution in [0.5, 0.6) is 0 Å². The Hall–Kier alpha value is -2.34. The summed E-state index contributed by atoms with van der Waals surface area (Å²) >= 11 is 0. The molecule has 0 radical (unpaired) electrons. The number of furan rings is 1. The van der Waals surface area contributed by atoms with E-state index >= 15 is 0 Å². The van der Waals surface area contributed by atoms with Gasteiger partial charge in [0, 0.05) is 25.6 Å². The van der Waals surface area contributed by atoms with Crippen LogP contribution < -0.4 is 10.6 Å². The Bertz CT molecular complexity index is 795. The number of halogens is 1. The summed E-state index contributed by atoms with van der Waals surface area (Å²) in [6, 6.07) is 11.3. The van der Waals surface area contributed by atoms with Gasteiger partial charge in [-0.05, 0) is 62.5 Å². The molecule has 2 heterocycles. The first-order chi connectivity index (χ1) is 13.7. The lowest BCUT2D eigenvalue weighted by Gasteiger charge is -2.27. The molecule has 1 saturated carbocycles. The van der Waals surface area contributed by atoms with Gasteiger partial charge in [-0.15, -0.1) is 0 Å². The van der Waals surface area contributed by atoms with Crippen molar-refractivity contribution in [2.75, 3.05) is 33.2 Å². The van der Waals surface area contributed by atoms with Gasteiger partial charge in [-0.25, -0.2) is 4.39 Å². The Morgan fingerprint density at radius 1 is 1.18 bits per heavy atom. The molecular formula is C22H29FN4O. The fraction of sp³-hybridized carbons (Fsp3) is 0.500. The molecule has 1 aliphatic carbocycles. The summed E-state index contributed by atoms with van der Waals surface area (Å²) in [5.41, 5.74) is 0.696. The van der Waals surface area contributed by atoms with Gasteiger partial charge in [0.15, 0.2) is 5.96 Å². The summed E-state index contributed by atoms with van der Waals surface area (Å²) in [4.78, 5) is 6.83. The molecule has 1 aliphatic heterocycles. The van der Waals surface area contributed by atoms with Crippen LogP contribution in [0.25, 0.3) is 0 Å². The molecule has 2 N–H and O–H groups in total. The fourth-order valence-corrected chi connectivity index (χ4v) is 4.19. The van der Waals surface area contributed by atoms with E-state index in [-0.39, 0.29) is 17.3 Å². The summed E-state index contributed by atoms with van der Waals surface area (Å²) in [7, 11) is 1.77. The highest BCUT2D eigenvalue weighted by Gasteiger charge is 2.45. The third-order valence-electron chi connectivity index (χ3n) is 6.03. The van der Waals surface area contributed by atoms with Crippen LogP contribution in [0.15, 0.2) is 52.1 Å². The normalized spacial score (nSPS) is 20.1. The first kappa shape index (κ1) is 19.0. The van der Waals surface area contributed by atoms with Crippen LogP contribution in [0.4, 0.5) is 4.39 Å². The zero-order valence-electron chi connectivity index (χ0n) is 16.5. The molecule has 1 aromatic heterocycles. The Balaban J connectivity index is 1.36. The number of likely N-dealkylation sites (tertiary alicyclic amines) is 1. The van der Waals surface area contributed by atoms with Crippen molar-refractivity contribution < 1.29 is 8.81 Å². The predicted octanol–water partition coefficient (Wildman–Crippen LogP) is 3.45. The lowest BCUT2D eigenvalue weighted by Crippen LogP contribution is -2.44. The largest absolute Gasteiger partial charge is 0.468 e. The number of benzene rings is 1. The minimum Gasteiger partial charge on any atom is -0.468 e. The van der Waals surface area contributed by atoms with E-state index < -0.39 is 0 Å². The topological polar surface area (TPSA) is 52.8 Å². The standard InChI is InChI=1S/C22H29FN4O/c1-24-21(26-16-22(10-11-22)17-7-2-3-8-18(17)23)25-15-19(20-9-6-14-28-20)27-12-4-5-13-27/h2-3,6-9,14,19H,4-5,10-13,15-16H2,1H3,(H2,24,25,26). The quantitative estimate of drug-likeness (QED) is 0.567. The van der Waals surface area contributed by atoms with E-state index in [0.29, 0.717) is 6.54 Å². The van der Waals surface area contributed by atoms with Crippen molar-refractivity contribution in [2.24, 2.45) is 4.99 Å². The van der Waals surface area contributed by atoms with Crippen molar-refractivity contribution in [3.63, 3.8) is 0 Å². The van der Waals surface area contributed by atoms with Crippen molar-refractivity contribution in [2.45, 2.75) is 37.1 Å². The highest BCUT2D eigenvalue weighted by atomic mass is 19.1. The van der Waals surface area contributed by atoms with Gasteiger partial charge in [0.1, 0.15) is 11.6 Å². The summed E-state index contributed by atoms with van der Waals surface area (Å²) in [5.74, 6) is 1.62. The molecule has 2 aromatic rings. The highest BCUT2D eigenvalue weighted by Crippen LogP contribution is 2.48. The molecule has 6 heteroatoms. The van der Waals surface area contributed by atoms with Crippen molar-refractivity contribution >= 4 is 5.96 Å². The van der Waals surface area contributed by atoms with Gasteiger partial charge in [-0.1, -0.05) is 18.2 Å². The maximum absolute atomic E-state index is 14.2. The first-order valence-electron chi connectivity index (χ1n) is 10.2. The maximum Gasteiger partial charge on any atom is 0.191 e.